The standard InChI is InChI=1S/C31H34N8O2S.C30H30FN7.C30H31N7O2S/c1-36(2)42(40,41)38-16-14-37(15-17-38)25-18-24(19-25)31-35-28(29-30(32)33-12-13-39(29)31)23-9-8-22-10-11-26(34-27(22)20-23)21-6-4-3-5-7-21;1-36-13-15-37(16-14-36)22-17-21(18-22)30-35-27(28-29(32)33-11-12-38(28)30)23-9-7-20-8-10-24(34-26(20)25(23)31)19-5-3-2-4-6-19;1-40(38,39)36-15-13-35(14-16-36)24-17-23(18-24)30-34-27(28-29(31)32-11-12-37(28)30)22-8-7-21-9-10-25(33-26(21)19-22)20-5-3-2-4-6-20/h3-13,20,24-25H,14-19H2,1-2H3,(H2,32,33);2-12,21-22H,13-18H2,1H3,(H2,32,33);2-12,19,23-24H,13-18H2,1H3,(H2,31,32). The van der Waals surface area contributed by atoms with Crippen molar-refractivity contribution in [1.29, 1.82) is 0 Å². The normalized spacial score (nSPS) is 20.6. The Kier molecular flexibility index (Phi) is 21.0. The third-order valence-corrected chi connectivity index (χ3v) is 28.6. The highest BCUT2D eigenvalue weighted by Gasteiger charge is 2.43. The van der Waals surface area contributed by atoms with Gasteiger partial charge in [-0.3, -0.25) is 27.9 Å². The highest BCUT2D eigenvalue weighted by molar-refractivity contribution is 7.88. The summed E-state index contributed by atoms with van der Waals surface area (Å²) >= 11 is 0. The van der Waals surface area contributed by atoms with Crippen molar-refractivity contribution in [2.24, 2.45) is 0 Å². The molecule has 0 unspecified atom stereocenters. The molecule has 612 valence electrons. The molecule has 6 aromatic carbocycles. The predicted octanol–water partition coefficient (Wildman–Crippen LogP) is 12.7. The molecule has 120 heavy (non-hydrogen) atoms. The van der Waals surface area contributed by atoms with Crippen LogP contribution in [0.4, 0.5) is 21.8 Å². The Morgan fingerprint density at radius 3 is 1.14 bits per heavy atom. The number of imidazole rings is 3. The van der Waals surface area contributed by atoms with Crippen molar-refractivity contribution in [1.82, 2.24) is 90.6 Å². The molecule has 3 aliphatic carbocycles. The minimum Gasteiger partial charge on any atom is -0.382 e. The monoisotopic (exact) mass is 1640 g/mol. The number of nitrogens with zero attached hydrogens (tertiary/aromatic N) is 19. The fraction of sp³-hybridized carbons (Fsp3) is 0.308. The molecule has 0 atom stereocenters. The van der Waals surface area contributed by atoms with Crippen LogP contribution < -0.4 is 17.2 Å². The zero-order chi connectivity index (χ0) is 82.2. The van der Waals surface area contributed by atoms with Crippen LogP contribution in [0, 0.1) is 5.82 Å². The Hall–Kier alpha value is -11.6. The molecule has 29 heteroatoms. The maximum Gasteiger partial charge on any atom is 0.281 e. The highest BCUT2D eigenvalue weighted by Crippen LogP contribution is 2.47. The van der Waals surface area contributed by atoms with Crippen LogP contribution in [0.25, 0.3) is 117 Å². The van der Waals surface area contributed by atoms with Crippen LogP contribution in [0.1, 0.15) is 73.8 Å². The Labute approximate surface area is 696 Å². The molecule has 3 aliphatic heterocycles. The van der Waals surface area contributed by atoms with Crippen molar-refractivity contribution in [3.05, 3.63) is 236 Å². The van der Waals surface area contributed by atoms with Crippen molar-refractivity contribution in [2.45, 2.75) is 74.4 Å². The van der Waals surface area contributed by atoms with Crippen LogP contribution in [-0.4, -0.2) is 231 Å². The van der Waals surface area contributed by atoms with Crippen LogP contribution in [-0.2, 0) is 20.2 Å². The molecule has 6 N–H and O–H groups in total. The number of pyridine rings is 3. The second kappa shape index (κ2) is 32.2. The molecule has 15 aromatic rings. The average Bonchev–Trinajstić information content (AvgIpc) is 1.59. The molecule has 6 aliphatic rings. The number of benzene rings is 6. The quantitative estimate of drug-likeness (QED) is 0.0859. The van der Waals surface area contributed by atoms with E-state index >= 15 is 4.39 Å². The van der Waals surface area contributed by atoms with Crippen molar-refractivity contribution >= 4 is 86.9 Å². The molecule has 21 rings (SSSR count). The fourth-order valence-corrected chi connectivity index (χ4v) is 20.2. The summed E-state index contributed by atoms with van der Waals surface area (Å²) in [5, 5.41) is 2.87. The molecule has 0 spiro atoms. The van der Waals surface area contributed by atoms with Gasteiger partial charge in [0.2, 0.25) is 10.0 Å². The highest BCUT2D eigenvalue weighted by atomic mass is 32.2. The summed E-state index contributed by atoms with van der Waals surface area (Å²) in [6.07, 6.45) is 18.2. The minimum absolute atomic E-state index is 0.282. The van der Waals surface area contributed by atoms with Gasteiger partial charge in [-0.05, 0) is 82.0 Å². The van der Waals surface area contributed by atoms with Crippen molar-refractivity contribution in [2.75, 3.05) is 123 Å². The number of rotatable bonds is 15. The van der Waals surface area contributed by atoms with Gasteiger partial charge in [-0.1, -0.05) is 140 Å². The van der Waals surface area contributed by atoms with E-state index in [1.165, 1.54) is 10.6 Å². The number of nitrogen functional groups attached to an aromatic ring is 3. The number of hydrogen-bond acceptors (Lipinski definition) is 20. The van der Waals surface area contributed by atoms with Gasteiger partial charge in [0.15, 0.2) is 5.82 Å². The molecule has 3 saturated heterocycles. The van der Waals surface area contributed by atoms with Gasteiger partial charge in [-0.2, -0.15) is 21.3 Å². The summed E-state index contributed by atoms with van der Waals surface area (Å²) < 4.78 is 75.6. The summed E-state index contributed by atoms with van der Waals surface area (Å²) in [4.78, 5) is 52.9. The van der Waals surface area contributed by atoms with E-state index in [4.69, 9.17) is 47.1 Å². The largest absolute Gasteiger partial charge is 0.382 e. The molecule has 12 heterocycles. The maximum atomic E-state index is 16.2. The van der Waals surface area contributed by atoms with Gasteiger partial charge in [0, 0.05) is 215 Å². The molecule has 0 amide bonds. The van der Waals surface area contributed by atoms with E-state index in [1.807, 2.05) is 108 Å². The van der Waals surface area contributed by atoms with Crippen LogP contribution in [0.2, 0.25) is 0 Å². The lowest BCUT2D eigenvalue weighted by molar-refractivity contribution is 0.0586. The predicted molar refractivity (Wildman–Crippen MR) is 471 cm³/mol. The van der Waals surface area contributed by atoms with E-state index in [1.54, 1.807) is 47.4 Å². The van der Waals surface area contributed by atoms with Crippen molar-refractivity contribution in [3.63, 3.8) is 0 Å². The molecular weight excluding hydrogens is 1550 g/mol. The maximum absolute atomic E-state index is 16.2. The summed E-state index contributed by atoms with van der Waals surface area (Å²) in [6, 6.07) is 59.9. The summed E-state index contributed by atoms with van der Waals surface area (Å²) in [6.45, 7) is 9.60. The van der Waals surface area contributed by atoms with Gasteiger partial charge < -0.3 is 22.1 Å². The first-order valence-corrected chi connectivity index (χ1v) is 44.4. The summed E-state index contributed by atoms with van der Waals surface area (Å²) in [7, 11) is -1.15. The Morgan fingerprint density at radius 2 is 0.742 bits per heavy atom. The van der Waals surface area contributed by atoms with Crippen molar-refractivity contribution < 1.29 is 21.2 Å². The van der Waals surface area contributed by atoms with Gasteiger partial charge in [0.1, 0.15) is 74.1 Å². The smallest absolute Gasteiger partial charge is 0.281 e. The zero-order valence-corrected chi connectivity index (χ0v) is 69.1. The van der Waals surface area contributed by atoms with Gasteiger partial charge in [-0.25, -0.2) is 57.7 Å². The van der Waals surface area contributed by atoms with E-state index in [2.05, 4.69) is 135 Å². The second-order valence-electron chi connectivity index (χ2n) is 32.8. The third-order valence-electron chi connectivity index (χ3n) is 25.4. The number of sulfonamides is 1. The van der Waals surface area contributed by atoms with Gasteiger partial charge >= 0.3 is 0 Å². The SMILES string of the molecule is CN(C)S(=O)(=O)N1CCN(C2CC(c3nc(-c4ccc5ccc(-c6ccccc6)nc5c4)c4c(N)nccn34)C2)CC1.CN1CCN(C2CC(c3nc(-c4ccc5ccc(-c6ccccc6)nc5c4F)c4c(N)nccn34)C2)CC1.CS(=O)(=O)N1CCN(C2CC(c3nc(-c4ccc5ccc(-c6ccccc6)nc5c4)c4c(N)nccn34)C2)CC1. The first-order valence-electron chi connectivity index (χ1n) is 41.2. The van der Waals surface area contributed by atoms with Gasteiger partial charge in [-0.15, -0.1) is 0 Å². The van der Waals surface area contributed by atoms with Crippen LogP contribution >= 0.6 is 0 Å². The molecule has 26 nitrogen and oxygen atoms in total. The van der Waals surface area contributed by atoms with Gasteiger partial charge in [0.25, 0.3) is 10.2 Å². The molecule has 3 saturated carbocycles. The molecule has 0 radical (unpaired) electrons. The number of likely N-dealkylation sites (N-methyl/N-ethyl adjacent to an activating group) is 1. The molecular formula is C91H95FN22O4S2. The Bertz CT molecular complexity index is 6600. The van der Waals surface area contributed by atoms with Crippen LogP contribution in [0.15, 0.2) is 213 Å². The van der Waals surface area contributed by atoms with E-state index in [-0.39, 0.29) is 11.7 Å². The lowest BCUT2D eigenvalue weighted by atomic mass is 9.78. The number of hydrogen-bond donors (Lipinski definition) is 3. The van der Waals surface area contributed by atoms with Gasteiger partial charge in [0.05, 0.1) is 34.4 Å². The average molecular weight is 1640 g/mol. The number of aromatic nitrogens is 12. The summed E-state index contributed by atoms with van der Waals surface area (Å²) in [5.74, 6) is 4.66. The number of piperazine rings is 3. The molecule has 6 fully saturated rings. The minimum atomic E-state index is -3.37. The van der Waals surface area contributed by atoms with Crippen LogP contribution in [0.5, 0.6) is 0 Å². The van der Waals surface area contributed by atoms with Crippen LogP contribution in [0.3, 0.4) is 0 Å². The lowest BCUT2D eigenvalue weighted by Crippen LogP contribution is -2.56. The first-order chi connectivity index (χ1) is 58.2. The number of anilines is 3. The second-order valence-corrected chi connectivity index (χ2v) is 36.9. The van der Waals surface area contributed by atoms with E-state index < -0.39 is 20.2 Å². The Morgan fingerprint density at radius 1 is 0.392 bits per heavy atom. The number of fused-ring (bicyclic) bond motifs is 6. The third kappa shape index (κ3) is 15.0. The fourth-order valence-electron chi connectivity index (χ4n) is 18.3. The first kappa shape index (κ1) is 78.2. The van der Waals surface area contributed by atoms with E-state index in [0.29, 0.717) is 95.9 Å². The molecule has 9 aromatic heterocycles. The Balaban J connectivity index is 0.000000119. The van der Waals surface area contributed by atoms with Crippen molar-refractivity contribution in [3.8, 4) is 67.5 Å². The zero-order valence-electron chi connectivity index (χ0n) is 67.5. The van der Waals surface area contributed by atoms with E-state index in [9.17, 15) is 16.8 Å². The van der Waals surface area contributed by atoms with E-state index in [0.717, 1.165) is 203 Å². The number of halogens is 1. The topological polar surface area (TPSA) is 298 Å². The number of nitrogens with two attached hydrogens (primary N) is 3. The molecule has 0 bridgehead atoms. The summed E-state index contributed by atoms with van der Waals surface area (Å²) in [5.41, 5.74) is 33.8. The lowest BCUT2D eigenvalue weighted by Gasteiger charge is -2.46.